The third kappa shape index (κ3) is 4.57. The summed E-state index contributed by atoms with van der Waals surface area (Å²) < 4.78 is 20.6. The first-order valence-corrected chi connectivity index (χ1v) is 13.7. The molecule has 0 spiro atoms. The zero-order chi connectivity index (χ0) is 27.1. The minimum Gasteiger partial charge on any atom is -0.378 e. The molecule has 0 radical (unpaired) electrons. The van der Waals surface area contributed by atoms with Crippen molar-refractivity contribution in [3.05, 3.63) is 52.8 Å². The number of rotatable bonds is 6. The van der Waals surface area contributed by atoms with Gasteiger partial charge < -0.3 is 19.4 Å². The van der Waals surface area contributed by atoms with Crippen LogP contribution in [-0.4, -0.2) is 76.8 Å². The maximum Gasteiger partial charge on any atom is 0.229 e. The van der Waals surface area contributed by atoms with Gasteiger partial charge in [0.05, 0.1) is 24.8 Å². The number of thiazole rings is 1. The van der Waals surface area contributed by atoms with Gasteiger partial charge >= 0.3 is 0 Å². The number of anilines is 3. The van der Waals surface area contributed by atoms with Gasteiger partial charge in [-0.05, 0) is 42.8 Å². The van der Waals surface area contributed by atoms with Crippen molar-refractivity contribution >= 4 is 39.7 Å². The second-order valence-electron chi connectivity index (χ2n) is 9.59. The lowest BCUT2D eigenvalue weighted by molar-refractivity contribution is -0.140. The van der Waals surface area contributed by atoms with Gasteiger partial charge in [-0.2, -0.15) is 9.78 Å². The molecule has 1 amide bonds. The number of carbonyl (C=O) groups excluding carboxylic acids is 1. The highest BCUT2D eigenvalue weighted by atomic mass is 32.1. The summed E-state index contributed by atoms with van der Waals surface area (Å²) in [7, 11) is 1.88. The number of fused-ring (bicyclic) bond motifs is 1. The summed E-state index contributed by atoms with van der Waals surface area (Å²) in [6.45, 7) is 5.76. The quantitative estimate of drug-likeness (QED) is 0.362. The Labute approximate surface area is 228 Å². The van der Waals surface area contributed by atoms with Gasteiger partial charge in [0, 0.05) is 38.8 Å². The number of hydrogen-bond acceptors (Lipinski definition) is 9. The topological polar surface area (TPSA) is 103 Å². The summed E-state index contributed by atoms with van der Waals surface area (Å²) in [4.78, 5) is 28.7. The fraction of sp³-hybridized carbons (Fsp3) is 0.370. The van der Waals surface area contributed by atoms with Crippen LogP contribution in [0.25, 0.3) is 16.9 Å². The van der Waals surface area contributed by atoms with Crippen molar-refractivity contribution in [3.63, 3.8) is 0 Å². The number of benzene rings is 1. The van der Waals surface area contributed by atoms with E-state index in [1.54, 1.807) is 16.6 Å². The van der Waals surface area contributed by atoms with Gasteiger partial charge in [0.2, 0.25) is 5.91 Å². The third-order valence-electron chi connectivity index (χ3n) is 7.16. The predicted molar refractivity (Wildman–Crippen MR) is 146 cm³/mol. The van der Waals surface area contributed by atoms with E-state index < -0.39 is 0 Å². The maximum atomic E-state index is 13.5. The summed E-state index contributed by atoms with van der Waals surface area (Å²) in [5.74, 6) is 1.33. The highest BCUT2D eigenvalue weighted by Gasteiger charge is 2.37. The van der Waals surface area contributed by atoms with Gasteiger partial charge in [-0.25, -0.2) is 14.4 Å². The number of halogens is 1. The van der Waals surface area contributed by atoms with Crippen molar-refractivity contribution < 1.29 is 13.9 Å². The molecule has 0 bridgehead atoms. The number of ether oxygens (including phenoxy) is 1. The average Bonchev–Trinajstić information content (AvgIpc) is 3.54. The van der Waals surface area contributed by atoms with E-state index in [0.29, 0.717) is 72.7 Å². The van der Waals surface area contributed by atoms with Gasteiger partial charge in [-0.1, -0.05) is 18.3 Å². The SMILES string of the molecule is CCc1nc2ccc(N3CC(C(=O)N4CCOCC4)C3)nn2c1N(C)c1nc(-c2ccc(F)cc2)c(C#N)s1. The lowest BCUT2D eigenvalue weighted by Crippen LogP contribution is -2.56. The molecule has 6 rings (SSSR count). The smallest absolute Gasteiger partial charge is 0.229 e. The molecule has 2 aliphatic rings. The lowest BCUT2D eigenvalue weighted by atomic mass is 9.98. The number of aromatic nitrogens is 4. The molecule has 200 valence electrons. The van der Waals surface area contributed by atoms with Crippen LogP contribution < -0.4 is 9.80 Å². The number of amides is 1. The molecule has 0 N–H and O–H groups in total. The zero-order valence-corrected chi connectivity index (χ0v) is 22.5. The van der Waals surface area contributed by atoms with Gasteiger partial charge in [-0.15, -0.1) is 5.10 Å². The van der Waals surface area contributed by atoms with E-state index in [9.17, 15) is 14.4 Å². The second-order valence-corrected chi connectivity index (χ2v) is 10.6. The van der Waals surface area contributed by atoms with Crippen LogP contribution in [-0.2, 0) is 16.0 Å². The first kappa shape index (κ1) is 25.2. The number of morpholine rings is 1. The van der Waals surface area contributed by atoms with E-state index in [1.165, 1.54) is 23.5 Å². The molecule has 0 aliphatic carbocycles. The normalized spacial score (nSPS) is 15.8. The summed E-state index contributed by atoms with van der Waals surface area (Å²) in [5.41, 5.74) is 2.75. The summed E-state index contributed by atoms with van der Waals surface area (Å²) >= 11 is 1.27. The summed E-state index contributed by atoms with van der Waals surface area (Å²) in [5, 5.41) is 15.3. The van der Waals surface area contributed by atoms with E-state index in [-0.39, 0.29) is 17.6 Å². The van der Waals surface area contributed by atoms with Crippen LogP contribution >= 0.6 is 11.3 Å². The zero-order valence-electron chi connectivity index (χ0n) is 21.7. The molecular weight excluding hydrogens is 519 g/mol. The van der Waals surface area contributed by atoms with Crippen molar-refractivity contribution in [3.8, 4) is 17.3 Å². The summed E-state index contributed by atoms with van der Waals surface area (Å²) in [6, 6.07) is 12.1. The molecular formula is C27H27FN8O2S. The highest BCUT2D eigenvalue weighted by molar-refractivity contribution is 7.16. The number of nitrogens with zero attached hydrogens (tertiary/aromatic N) is 8. The molecule has 3 aromatic heterocycles. The first-order chi connectivity index (χ1) is 19.0. The molecule has 2 fully saturated rings. The Balaban J connectivity index is 1.28. The van der Waals surface area contributed by atoms with E-state index in [2.05, 4.69) is 11.0 Å². The molecule has 4 aromatic rings. The minimum atomic E-state index is -0.344. The monoisotopic (exact) mass is 546 g/mol. The molecule has 0 saturated carbocycles. The van der Waals surface area contributed by atoms with E-state index in [0.717, 1.165) is 17.3 Å². The first-order valence-electron chi connectivity index (χ1n) is 12.9. The van der Waals surface area contributed by atoms with Crippen LogP contribution in [0.4, 0.5) is 21.2 Å². The Morgan fingerprint density at radius 1 is 1.18 bits per heavy atom. The fourth-order valence-electron chi connectivity index (χ4n) is 4.99. The largest absolute Gasteiger partial charge is 0.378 e. The Bertz CT molecular complexity index is 1570. The Morgan fingerprint density at radius 2 is 1.92 bits per heavy atom. The number of imidazole rings is 1. The Hall–Kier alpha value is -4.08. The number of carbonyl (C=O) groups is 1. The third-order valence-corrected chi connectivity index (χ3v) is 8.20. The Morgan fingerprint density at radius 3 is 2.62 bits per heavy atom. The van der Waals surface area contributed by atoms with Gasteiger partial charge in [0.25, 0.3) is 0 Å². The van der Waals surface area contributed by atoms with Crippen molar-refractivity contribution in [1.29, 1.82) is 5.26 Å². The van der Waals surface area contributed by atoms with E-state index in [4.69, 9.17) is 19.8 Å². The molecule has 39 heavy (non-hydrogen) atoms. The van der Waals surface area contributed by atoms with Gasteiger partial charge in [-0.3, -0.25) is 4.79 Å². The molecule has 1 aromatic carbocycles. The number of aryl methyl sites for hydroxylation is 1. The van der Waals surface area contributed by atoms with Crippen molar-refractivity contribution in [2.75, 3.05) is 56.2 Å². The van der Waals surface area contributed by atoms with Crippen LogP contribution in [0.3, 0.4) is 0 Å². The van der Waals surface area contributed by atoms with Crippen LogP contribution in [0.15, 0.2) is 36.4 Å². The maximum absolute atomic E-state index is 13.5. The standard InChI is InChI=1S/C27H27FN8O2S/c1-3-20-25(33(2)27-31-24(21(14-29)39-27)17-4-6-19(28)7-5-17)36-22(30-20)8-9-23(32-36)35-15-18(16-35)26(37)34-10-12-38-13-11-34/h4-9,18H,3,10-13,15-16H2,1-2H3. The number of hydrogen-bond donors (Lipinski definition) is 0. The van der Waals surface area contributed by atoms with Crippen molar-refractivity contribution in [2.24, 2.45) is 5.92 Å². The average molecular weight is 547 g/mol. The second kappa shape index (κ2) is 10.2. The lowest BCUT2D eigenvalue weighted by Gasteiger charge is -2.41. The van der Waals surface area contributed by atoms with E-state index in [1.807, 2.05) is 35.9 Å². The van der Waals surface area contributed by atoms with Crippen LogP contribution in [0, 0.1) is 23.1 Å². The van der Waals surface area contributed by atoms with Crippen LogP contribution in [0.5, 0.6) is 0 Å². The molecule has 0 unspecified atom stereocenters. The number of nitriles is 1. The molecule has 2 aliphatic heterocycles. The molecule has 0 atom stereocenters. The van der Waals surface area contributed by atoms with Crippen LogP contribution in [0.2, 0.25) is 0 Å². The van der Waals surface area contributed by atoms with Crippen LogP contribution in [0.1, 0.15) is 17.5 Å². The predicted octanol–water partition coefficient (Wildman–Crippen LogP) is 3.49. The van der Waals surface area contributed by atoms with Crippen molar-refractivity contribution in [1.82, 2.24) is 24.5 Å². The Kier molecular flexibility index (Phi) is 6.62. The molecule has 2 saturated heterocycles. The fourth-order valence-corrected chi connectivity index (χ4v) is 5.83. The highest BCUT2D eigenvalue weighted by Crippen LogP contribution is 2.37. The molecule has 10 nitrogen and oxygen atoms in total. The van der Waals surface area contributed by atoms with Gasteiger partial charge in [0.1, 0.15) is 28.3 Å². The van der Waals surface area contributed by atoms with E-state index >= 15 is 0 Å². The van der Waals surface area contributed by atoms with Crippen molar-refractivity contribution in [2.45, 2.75) is 13.3 Å². The minimum absolute atomic E-state index is 0.0404. The molecule has 12 heteroatoms. The van der Waals surface area contributed by atoms with Gasteiger partial charge in [0.15, 0.2) is 16.6 Å². The molecule has 5 heterocycles. The summed E-state index contributed by atoms with van der Waals surface area (Å²) in [6.07, 6.45) is 0.680.